The molecule has 4 rings (SSSR count). The Bertz CT molecular complexity index is 1310. The molecule has 0 aromatic carbocycles. The van der Waals surface area contributed by atoms with Crippen LogP contribution in [0.4, 0.5) is 0 Å². The van der Waals surface area contributed by atoms with Crippen LogP contribution in [0.3, 0.4) is 0 Å². The van der Waals surface area contributed by atoms with Crippen LogP contribution in [0.2, 0.25) is 0 Å². The Morgan fingerprint density at radius 1 is 1.04 bits per heavy atom. The Kier molecular flexibility index (Phi) is 11.2. The van der Waals surface area contributed by atoms with Gasteiger partial charge >= 0.3 is 0 Å². The molecule has 1 aromatic rings. The van der Waals surface area contributed by atoms with Crippen molar-refractivity contribution < 1.29 is 29.1 Å². The highest BCUT2D eigenvalue weighted by Crippen LogP contribution is 2.42. The molecular formula is C33H49N7O6. The van der Waals surface area contributed by atoms with E-state index in [4.69, 9.17) is 0 Å². The zero-order chi connectivity index (χ0) is 33.8. The van der Waals surface area contributed by atoms with Crippen molar-refractivity contribution in [1.29, 1.82) is 0 Å². The third-order valence-electron chi connectivity index (χ3n) is 9.17. The van der Waals surface area contributed by atoms with Crippen LogP contribution in [-0.4, -0.2) is 92.4 Å². The molecule has 3 aliphatic rings. The zero-order valence-electron chi connectivity index (χ0n) is 27.5. The first-order chi connectivity index (χ1) is 21.7. The smallest absolute Gasteiger partial charge is 0.272 e. The van der Waals surface area contributed by atoms with Crippen LogP contribution in [0.1, 0.15) is 90.1 Å². The van der Waals surface area contributed by atoms with Crippen molar-refractivity contribution in [2.75, 3.05) is 6.54 Å². The summed E-state index contributed by atoms with van der Waals surface area (Å²) in [4.78, 5) is 76.9. The van der Waals surface area contributed by atoms with Crippen LogP contribution in [0.5, 0.6) is 0 Å². The van der Waals surface area contributed by atoms with Gasteiger partial charge in [0.05, 0.1) is 12.2 Å². The van der Waals surface area contributed by atoms with Crippen molar-refractivity contribution in [3.8, 4) is 0 Å². The normalized spacial score (nSPS) is 23.3. The summed E-state index contributed by atoms with van der Waals surface area (Å²) in [5, 5.41) is 22.1. The SMILES string of the molecule is C=C(C)[C@H](NC(=O)[C@@H](NC(=O)c1cnccn1)C(C)(C)C)C(=O)N1C[C@@H]2CCC[C@@H]2[C@H]1C(=O)N[C@@H](CCC)C(O)C(=O)NC1CC1. The summed E-state index contributed by atoms with van der Waals surface area (Å²) < 4.78 is 0. The molecule has 2 aliphatic carbocycles. The standard InChI is InChI=1S/C33H49N7O6/c1-7-9-22(26(41)30(44)36-20-12-13-20)37-29(43)25-21-11-8-10-19(21)17-40(25)32(46)24(18(2)3)38-31(45)27(33(4,5)6)39-28(42)23-16-34-14-15-35-23/h14-16,19-22,24-27,41H,2,7-13,17H2,1,3-6H3,(H,36,44)(H,37,43)(H,38,45)(H,39,42)/t19-,21-,22-,24-,25-,26?,27+/m0/s1. The number of carbonyl (C=O) groups is 5. The van der Waals surface area contributed by atoms with E-state index in [2.05, 4.69) is 37.8 Å². The van der Waals surface area contributed by atoms with Gasteiger partial charge in [0, 0.05) is 25.0 Å². The number of amides is 5. The third kappa shape index (κ3) is 8.28. The average Bonchev–Trinajstić information content (AvgIpc) is 3.57. The van der Waals surface area contributed by atoms with Crippen LogP contribution < -0.4 is 21.3 Å². The first kappa shape index (κ1) is 35.0. The lowest BCUT2D eigenvalue weighted by molar-refractivity contribution is -0.143. The van der Waals surface area contributed by atoms with Crippen molar-refractivity contribution in [2.45, 2.75) is 116 Å². The Labute approximate surface area is 270 Å². The van der Waals surface area contributed by atoms with Gasteiger partial charge in [-0.1, -0.05) is 47.1 Å². The Balaban J connectivity index is 1.52. The van der Waals surface area contributed by atoms with Crippen LogP contribution >= 0.6 is 0 Å². The molecule has 7 atom stereocenters. The predicted octanol–water partition coefficient (Wildman–Crippen LogP) is 1.23. The van der Waals surface area contributed by atoms with Crippen molar-refractivity contribution in [2.24, 2.45) is 17.3 Å². The molecule has 252 valence electrons. The molecule has 1 aromatic heterocycles. The van der Waals surface area contributed by atoms with Crippen molar-refractivity contribution in [1.82, 2.24) is 36.1 Å². The molecule has 13 heteroatoms. The topological polar surface area (TPSA) is 183 Å². The van der Waals surface area contributed by atoms with E-state index in [1.54, 1.807) is 27.7 Å². The molecule has 2 heterocycles. The van der Waals surface area contributed by atoms with Crippen molar-refractivity contribution in [3.05, 3.63) is 36.4 Å². The number of aromatic nitrogens is 2. The number of hydrogen-bond donors (Lipinski definition) is 5. The lowest BCUT2D eigenvalue weighted by Crippen LogP contribution is -2.60. The summed E-state index contributed by atoms with van der Waals surface area (Å²) in [6.45, 7) is 13.2. The molecule has 3 fully saturated rings. The van der Waals surface area contributed by atoms with Crippen LogP contribution in [0.15, 0.2) is 30.7 Å². The number of aliphatic hydroxyl groups is 1. The third-order valence-corrected chi connectivity index (χ3v) is 9.17. The van der Waals surface area contributed by atoms with Crippen LogP contribution in [0, 0.1) is 17.3 Å². The molecule has 5 N–H and O–H groups in total. The first-order valence-corrected chi connectivity index (χ1v) is 16.3. The summed E-state index contributed by atoms with van der Waals surface area (Å²) in [5.41, 5.74) is -0.317. The van der Waals surface area contributed by atoms with Crippen LogP contribution in [0.25, 0.3) is 0 Å². The highest BCUT2D eigenvalue weighted by Gasteiger charge is 2.51. The molecule has 46 heavy (non-hydrogen) atoms. The molecule has 1 aliphatic heterocycles. The zero-order valence-corrected chi connectivity index (χ0v) is 27.5. The Morgan fingerprint density at radius 3 is 2.35 bits per heavy atom. The minimum atomic E-state index is -1.41. The first-order valence-electron chi connectivity index (χ1n) is 16.3. The molecule has 1 saturated heterocycles. The average molecular weight is 640 g/mol. The van der Waals surface area contributed by atoms with Gasteiger partial charge in [-0.3, -0.25) is 29.0 Å². The second-order valence-corrected chi connectivity index (χ2v) is 14.1. The van der Waals surface area contributed by atoms with Crippen LogP contribution in [-0.2, 0) is 19.2 Å². The lowest BCUT2D eigenvalue weighted by Gasteiger charge is -2.34. The van der Waals surface area contributed by atoms with E-state index in [0.29, 0.717) is 25.0 Å². The molecule has 0 bridgehead atoms. The monoisotopic (exact) mass is 639 g/mol. The number of rotatable bonds is 13. The van der Waals surface area contributed by atoms with Gasteiger partial charge in [-0.25, -0.2) is 4.98 Å². The molecule has 2 saturated carbocycles. The maximum absolute atomic E-state index is 14.2. The number of fused-ring (bicyclic) bond motifs is 1. The van der Waals surface area contributed by atoms with E-state index in [9.17, 15) is 29.1 Å². The molecular weight excluding hydrogens is 590 g/mol. The second-order valence-electron chi connectivity index (χ2n) is 14.1. The van der Waals surface area contributed by atoms with E-state index >= 15 is 0 Å². The minimum absolute atomic E-state index is 0.0473. The maximum atomic E-state index is 14.2. The molecule has 13 nitrogen and oxygen atoms in total. The summed E-state index contributed by atoms with van der Waals surface area (Å²) >= 11 is 0. The largest absolute Gasteiger partial charge is 0.381 e. The molecule has 5 amide bonds. The molecule has 0 radical (unpaired) electrons. The maximum Gasteiger partial charge on any atom is 0.272 e. The summed E-state index contributed by atoms with van der Waals surface area (Å²) in [5.74, 6) is -2.54. The highest BCUT2D eigenvalue weighted by molar-refractivity contribution is 5.99. The van der Waals surface area contributed by atoms with Crippen molar-refractivity contribution >= 4 is 29.5 Å². The van der Waals surface area contributed by atoms with Crippen molar-refractivity contribution in [3.63, 3.8) is 0 Å². The van der Waals surface area contributed by atoms with Gasteiger partial charge in [-0.05, 0) is 61.9 Å². The fourth-order valence-corrected chi connectivity index (χ4v) is 6.54. The number of carbonyl (C=O) groups excluding carboxylic acids is 5. The van der Waals surface area contributed by atoms with Gasteiger partial charge in [0.1, 0.15) is 23.8 Å². The van der Waals surface area contributed by atoms with E-state index in [1.165, 1.54) is 23.5 Å². The molecule has 1 unspecified atom stereocenters. The highest BCUT2D eigenvalue weighted by atomic mass is 16.3. The quantitative estimate of drug-likeness (QED) is 0.200. The van der Waals surface area contributed by atoms with E-state index in [1.807, 2.05) is 6.92 Å². The number of likely N-dealkylation sites (tertiary alicyclic amines) is 1. The fraction of sp³-hybridized carbons (Fsp3) is 0.667. The minimum Gasteiger partial charge on any atom is -0.381 e. The number of hydrogen-bond acceptors (Lipinski definition) is 8. The predicted molar refractivity (Wildman–Crippen MR) is 170 cm³/mol. The van der Waals surface area contributed by atoms with E-state index in [-0.39, 0.29) is 23.6 Å². The fourth-order valence-electron chi connectivity index (χ4n) is 6.54. The van der Waals surface area contributed by atoms with Gasteiger partial charge in [0.15, 0.2) is 6.10 Å². The Morgan fingerprint density at radius 2 is 1.76 bits per heavy atom. The number of nitrogens with one attached hydrogen (secondary N) is 4. The Hall–Kier alpha value is -3.87. The van der Waals surface area contributed by atoms with E-state index < -0.39 is 65.2 Å². The summed E-state index contributed by atoms with van der Waals surface area (Å²) in [6.07, 6.45) is 8.03. The summed E-state index contributed by atoms with van der Waals surface area (Å²) in [7, 11) is 0. The molecule has 0 spiro atoms. The number of nitrogens with zero attached hydrogens (tertiary/aromatic N) is 3. The summed E-state index contributed by atoms with van der Waals surface area (Å²) in [6, 6.07) is -3.76. The second kappa shape index (κ2) is 14.7. The van der Waals surface area contributed by atoms with Gasteiger partial charge in [-0.2, -0.15) is 0 Å². The van der Waals surface area contributed by atoms with Gasteiger partial charge in [0.2, 0.25) is 17.7 Å². The number of aliphatic hydroxyl groups excluding tert-OH is 1. The van der Waals surface area contributed by atoms with Gasteiger partial charge in [0.25, 0.3) is 11.8 Å². The van der Waals surface area contributed by atoms with Gasteiger partial charge in [-0.15, -0.1) is 0 Å². The van der Waals surface area contributed by atoms with E-state index in [0.717, 1.165) is 32.1 Å². The lowest BCUT2D eigenvalue weighted by atomic mass is 9.85. The van der Waals surface area contributed by atoms with Gasteiger partial charge < -0.3 is 31.3 Å².